The van der Waals surface area contributed by atoms with Crippen molar-refractivity contribution < 1.29 is 13.7 Å². The average Bonchev–Trinajstić information content (AvgIpc) is 2.74. The predicted octanol–water partition coefficient (Wildman–Crippen LogP) is 3.30. The van der Waals surface area contributed by atoms with Crippen LogP contribution < -0.4 is 0 Å². The molecule has 0 spiro atoms. The van der Waals surface area contributed by atoms with Crippen molar-refractivity contribution >= 4 is 5.69 Å². The van der Waals surface area contributed by atoms with E-state index in [1.807, 2.05) is 0 Å². The number of nitro groups is 1. The van der Waals surface area contributed by atoms with Crippen molar-refractivity contribution in [3.8, 4) is 11.3 Å². The lowest BCUT2D eigenvalue weighted by Gasteiger charge is -2.03. The van der Waals surface area contributed by atoms with Crippen molar-refractivity contribution in [2.45, 2.75) is 6.92 Å². The molecular formula is C11H8FNO3. The zero-order chi connectivity index (χ0) is 11.7. The van der Waals surface area contributed by atoms with Gasteiger partial charge in [0.15, 0.2) is 0 Å². The van der Waals surface area contributed by atoms with E-state index in [2.05, 4.69) is 0 Å². The van der Waals surface area contributed by atoms with Crippen molar-refractivity contribution in [3.05, 3.63) is 52.0 Å². The first-order chi connectivity index (χ1) is 7.61. The number of halogens is 1. The second-order valence-corrected chi connectivity index (χ2v) is 3.31. The fourth-order valence-electron chi connectivity index (χ4n) is 1.51. The van der Waals surface area contributed by atoms with E-state index in [0.717, 1.165) is 6.07 Å². The molecule has 0 amide bonds. The molecule has 0 atom stereocenters. The highest BCUT2D eigenvalue weighted by atomic mass is 19.1. The number of nitrogens with zero attached hydrogens (tertiary/aromatic N) is 1. The lowest BCUT2D eigenvalue weighted by atomic mass is 10.1. The fraction of sp³-hybridized carbons (Fsp3) is 0.0909. The molecule has 2 rings (SSSR count). The second kappa shape index (κ2) is 3.77. The van der Waals surface area contributed by atoms with E-state index < -0.39 is 16.4 Å². The Morgan fingerprint density at radius 2 is 2.12 bits per heavy atom. The molecule has 0 aliphatic carbocycles. The van der Waals surface area contributed by atoms with Crippen molar-refractivity contribution in [1.82, 2.24) is 0 Å². The van der Waals surface area contributed by atoms with Gasteiger partial charge in [0.1, 0.15) is 5.76 Å². The maximum absolute atomic E-state index is 13.6. The summed E-state index contributed by atoms with van der Waals surface area (Å²) in [6.45, 7) is 1.49. The van der Waals surface area contributed by atoms with E-state index in [1.54, 1.807) is 12.1 Å². The number of hydrogen-bond acceptors (Lipinski definition) is 3. The molecule has 0 aliphatic rings. The van der Waals surface area contributed by atoms with Gasteiger partial charge in [-0.3, -0.25) is 10.1 Å². The number of benzene rings is 1. The van der Waals surface area contributed by atoms with Gasteiger partial charge in [-0.15, -0.1) is 0 Å². The minimum absolute atomic E-state index is 0.212. The predicted molar refractivity (Wildman–Crippen MR) is 55.5 cm³/mol. The number of hydrogen-bond donors (Lipinski definition) is 0. The molecule has 0 bridgehead atoms. The molecule has 1 heterocycles. The summed E-state index contributed by atoms with van der Waals surface area (Å²) in [5.41, 5.74) is 0.213. The number of nitro benzene ring substituents is 1. The lowest BCUT2D eigenvalue weighted by molar-refractivity contribution is -0.387. The van der Waals surface area contributed by atoms with E-state index in [4.69, 9.17) is 4.42 Å². The van der Waals surface area contributed by atoms with Crippen LogP contribution in [0.1, 0.15) is 5.56 Å². The molecule has 0 N–H and O–H groups in total. The van der Waals surface area contributed by atoms with E-state index in [0.29, 0.717) is 11.3 Å². The van der Waals surface area contributed by atoms with Gasteiger partial charge in [0, 0.05) is 17.2 Å². The van der Waals surface area contributed by atoms with Gasteiger partial charge in [0.05, 0.1) is 11.2 Å². The maximum atomic E-state index is 13.6. The highest BCUT2D eigenvalue weighted by Crippen LogP contribution is 2.30. The summed E-state index contributed by atoms with van der Waals surface area (Å²) >= 11 is 0. The molecular weight excluding hydrogens is 213 g/mol. The van der Waals surface area contributed by atoms with Crippen LogP contribution in [0, 0.1) is 22.9 Å². The molecule has 16 heavy (non-hydrogen) atoms. The average molecular weight is 221 g/mol. The van der Waals surface area contributed by atoms with Crippen LogP contribution in [0.3, 0.4) is 0 Å². The normalized spacial score (nSPS) is 10.4. The molecule has 0 saturated heterocycles. The van der Waals surface area contributed by atoms with Crippen LogP contribution in [0.2, 0.25) is 0 Å². The van der Waals surface area contributed by atoms with Gasteiger partial charge < -0.3 is 4.42 Å². The molecule has 1 aromatic carbocycles. The van der Waals surface area contributed by atoms with E-state index in [9.17, 15) is 14.5 Å². The van der Waals surface area contributed by atoms with E-state index in [1.165, 1.54) is 19.3 Å². The van der Waals surface area contributed by atoms with Gasteiger partial charge in [-0.1, -0.05) is 0 Å². The van der Waals surface area contributed by atoms with Crippen LogP contribution >= 0.6 is 0 Å². The molecule has 0 saturated carbocycles. The van der Waals surface area contributed by atoms with Crippen LogP contribution in [0.25, 0.3) is 11.3 Å². The Kier molecular flexibility index (Phi) is 2.44. The third-order valence-corrected chi connectivity index (χ3v) is 2.35. The third kappa shape index (κ3) is 1.56. The quantitative estimate of drug-likeness (QED) is 0.577. The Morgan fingerprint density at radius 3 is 2.69 bits per heavy atom. The molecule has 4 nitrogen and oxygen atoms in total. The van der Waals surface area contributed by atoms with Gasteiger partial charge in [-0.05, 0) is 25.1 Å². The summed E-state index contributed by atoms with van der Waals surface area (Å²) in [7, 11) is 0. The largest absolute Gasteiger partial charge is 0.464 e. The lowest BCUT2D eigenvalue weighted by Crippen LogP contribution is -1.96. The van der Waals surface area contributed by atoms with Gasteiger partial charge in [0.25, 0.3) is 0 Å². The zero-order valence-corrected chi connectivity index (χ0v) is 8.44. The minimum atomic E-state index is -0.820. The summed E-state index contributed by atoms with van der Waals surface area (Å²) < 4.78 is 18.7. The zero-order valence-electron chi connectivity index (χ0n) is 8.44. The van der Waals surface area contributed by atoms with E-state index >= 15 is 0 Å². The molecule has 0 aliphatic heterocycles. The van der Waals surface area contributed by atoms with Crippen molar-refractivity contribution in [2.24, 2.45) is 0 Å². The van der Waals surface area contributed by atoms with Gasteiger partial charge in [-0.25, -0.2) is 0 Å². The Morgan fingerprint density at radius 1 is 1.38 bits per heavy atom. The number of rotatable bonds is 2. The molecule has 0 fully saturated rings. The van der Waals surface area contributed by atoms with Crippen molar-refractivity contribution in [1.29, 1.82) is 0 Å². The Balaban J connectivity index is 2.60. The first-order valence-corrected chi connectivity index (χ1v) is 4.58. The SMILES string of the molecule is Cc1c(-c2ccco2)ccc([N+](=O)[O-])c1F. The second-order valence-electron chi connectivity index (χ2n) is 3.31. The summed E-state index contributed by atoms with van der Waals surface area (Å²) in [4.78, 5) is 9.77. The van der Waals surface area contributed by atoms with Gasteiger partial charge in [-0.2, -0.15) is 4.39 Å². The topological polar surface area (TPSA) is 56.3 Å². The summed E-state index contributed by atoms with van der Waals surface area (Å²) in [6.07, 6.45) is 1.47. The summed E-state index contributed by atoms with van der Waals surface area (Å²) in [6, 6.07) is 5.97. The standard InChI is InChI=1S/C11H8FNO3/c1-7-8(10-3-2-6-16-10)4-5-9(11(7)12)13(14)15/h2-6H,1H3. The third-order valence-electron chi connectivity index (χ3n) is 2.35. The van der Waals surface area contributed by atoms with Crippen LogP contribution in [0.5, 0.6) is 0 Å². The van der Waals surface area contributed by atoms with Crippen LogP contribution in [0.15, 0.2) is 34.9 Å². The minimum Gasteiger partial charge on any atom is -0.464 e. The van der Waals surface area contributed by atoms with Gasteiger partial charge >= 0.3 is 5.69 Å². The summed E-state index contributed by atoms with van der Waals surface area (Å²) in [5, 5.41) is 10.5. The first kappa shape index (κ1) is 10.4. The molecule has 1 aromatic heterocycles. The highest BCUT2D eigenvalue weighted by Gasteiger charge is 2.19. The molecule has 82 valence electrons. The van der Waals surface area contributed by atoms with Gasteiger partial charge in [0.2, 0.25) is 5.82 Å². The number of furan rings is 1. The van der Waals surface area contributed by atoms with Crippen LogP contribution in [0.4, 0.5) is 10.1 Å². The van der Waals surface area contributed by atoms with Crippen molar-refractivity contribution in [3.63, 3.8) is 0 Å². The smallest absolute Gasteiger partial charge is 0.305 e. The highest BCUT2D eigenvalue weighted by molar-refractivity contribution is 5.64. The molecule has 0 radical (unpaired) electrons. The maximum Gasteiger partial charge on any atom is 0.305 e. The molecule has 0 unspecified atom stereocenters. The summed E-state index contributed by atoms with van der Waals surface area (Å²) in [5.74, 6) is -0.329. The van der Waals surface area contributed by atoms with Crippen molar-refractivity contribution in [2.75, 3.05) is 0 Å². The van der Waals surface area contributed by atoms with E-state index in [-0.39, 0.29) is 5.56 Å². The Labute approximate surface area is 90.5 Å². The molecule has 2 aromatic rings. The Bertz CT molecular complexity index is 534. The van der Waals surface area contributed by atoms with Crippen LogP contribution in [-0.2, 0) is 0 Å². The first-order valence-electron chi connectivity index (χ1n) is 4.58. The van der Waals surface area contributed by atoms with Crippen LogP contribution in [-0.4, -0.2) is 4.92 Å². The fourth-order valence-corrected chi connectivity index (χ4v) is 1.51. The molecule has 5 heteroatoms. The monoisotopic (exact) mass is 221 g/mol. The Hall–Kier alpha value is -2.17.